The van der Waals surface area contributed by atoms with E-state index >= 15 is 0 Å². The van der Waals surface area contributed by atoms with Crippen LogP contribution in [0.4, 0.5) is 5.69 Å². The molecule has 1 atom stereocenters. The Kier molecular flexibility index (Phi) is 5.15. The van der Waals surface area contributed by atoms with Crippen molar-refractivity contribution >= 4 is 51.6 Å². The fraction of sp³-hybridized carbons (Fsp3) is 0.200. The van der Waals surface area contributed by atoms with Crippen molar-refractivity contribution in [1.29, 1.82) is 0 Å². The van der Waals surface area contributed by atoms with Gasteiger partial charge in [0, 0.05) is 30.2 Å². The number of aromatic nitrogens is 3. The number of allylic oxidation sites excluding steroid dienone is 2. The normalized spacial score (nSPS) is 16.3. The van der Waals surface area contributed by atoms with Gasteiger partial charge in [0.2, 0.25) is 0 Å². The third-order valence-corrected chi connectivity index (χ3v) is 5.29. The first-order chi connectivity index (χ1) is 13.6. The summed E-state index contributed by atoms with van der Waals surface area (Å²) in [7, 11) is 0. The molecule has 0 bridgehead atoms. The minimum atomic E-state index is -0.822. The summed E-state index contributed by atoms with van der Waals surface area (Å²) in [4.78, 5) is 33.8. The second-order valence-electron chi connectivity index (χ2n) is 6.51. The van der Waals surface area contributed by atoms with Crippen molar-refractivity contribution < 1.29 is 9.59 Å². The molecule has 28 heavy (non-hydrogen) atoms. The van der Waals surface area contributed by atoms with Gasteiger partial charge in [-0.3, -0.25) is 14.6 Å². The van der Waals surface area contributed by atoms with Crippen LogP contribution in [0.3, 0.4) is 0 Å². The van der Waals surface area contributed by atoms with Crippen molar-refractivity contribution in [2.75, 3.05) is 5.32 Å². The number of rotatable bonds is 4. The molecule has 142 valence electrons. The van der Waals surface area contributed by atoms with Crippen LogP contribution in [0.1, 0.15) is 35.7 Å². The lowest BCUT2D eigenvalue weighted by molar-refractivity contribution is -0.112. The topological polar surface area (TPSA) is 76.9 Å². The fourth-order valence-electron chi connectivity index (χ4n) is 3.37. The van der Waals surface area contributed by atoms with Gasteiger partial charge in [-0.05, 0) is 31.4 Å². The molecule has 1 amide bonds. The van der Waals surface area contributed by atoms with Gasteiger partial charge in [0.25, 0.3) is 11.7 Å². The van der Waals surface area contributed by atoms with Crippen molar-refractivity contribution in [1.82, 2.24) is 14.5 Å². The van der Waals surface area contributed by atoms with Crippen molar-refractivity contribution in [3.63, 3.8) is 0 Å². The number of carbonyl (C=O) groups is 2. The minimum absolute atomic E-state index is 0.111. The number of amides is 1. The monoisotopic (exact) mass is 414 g/mol. The summed E-state index contributed by atoms with van der Waals surface area (Å²) in [5, 5.41) is 3.44. The molecule has 3 heterocycles. The molecule has 0 radical (unpaired) electrons. The van der Waals surface area contributed by atoms with Crippen molar-refractivity contribution in [2.45, 2.75) is 25.3 Å². The molecule has 0 aliphatic heterocycles. The number of fused-ring (bicyclic) bond motifs is 1. The third-order valence-electron chi connectivity index (χ3n) is 4.72. The molecule has 3 aromatic rings. The second-order valence-corrected chi connectivity index (χ2v) is 7.33. The van der Waals surface area contributed by atoms with Crippen LogP contribution in [0.5, 0.6) is 0 Å². The van der Waals surface area contributed by atoms with Crippen LogP contribution in [0.25, 0.3) is 11.0 Å². The summed E-state index contributed by atoms with van der Waals surface area (Å²) >= 11 is 12.1. The first-order valence-corrected chi connectivity index (χ1v) is 9.58. The Morgan fingerprint density at radius 3 is 2.71 bits per heavy atom. The van der Waals surface area contributed by atoms with Gasteiger partial charge in [-0.1, -0.05) is 35.4 Å². The Labute approximate surface area is 171 Å². The Balaban J connectivity index is 1.70. The lowest BCUT2D eigenvalue weighted by Crippen LogP contribution is -2.23. The number of nitrogens with one attached hydrogen (secondary N) is 1. The largest absolute Gasteiger partial charge is 0.325 e. The zero-order valence-electron chi connectivity index (χ0n) is 14.7. The van der Waals surface area contributed by atoms with Gasteiger partial charge in [0.05, 0.1) is 27.3 Å². The van der Waals surface area contributed by atoms with Crippen LogP contribution in [-0.4, -0.2) is 26.2 Å². The van der Waals surface area contributed by atoms with Crippen LogP contribution in [0, 0.1) is 0 Å². The summed E-state index contributed by atoms with van der Waals surface area (Å²) in [6.45, 7) is 0. The van der Waals surface area contributed by atoms with Gasteiger partial charge in [-0.15, -0.1) is 0 Å². The van der Waals surface area contributed by atoms with E-state index in [2.05, 4.69) is 27.4 Å². The standard InChI is InChI=1S/C20H16Cl2N4O2/c21-15-9-23-10-16(22)17(15)25-20(28)18(27)14-11-26(12-5-2-1-3-6-12)19-13(14)7-4-8-24-19/h2,4-5,7-12H,1,3,6H2,(H,23,25,28). The van der Waals surface area contributed by atoms with E-state index in [1.165, 1.54) is 12.4 Å². The van der Waals surface area contributed by atoms with E-state index in [9.17, 15) is 9.59 Å². The predicted molar refractivity (Wildman–Crippen MR) is 109 cm³/mol. The fourth-order valence-corrected chi connectivity index (χ4v) is 3.83. The Morgan fingerprint density at radius 1 is 1.21 bits per heavy atom. The number of pyridine rings is 2. The van der Waals surface area contributed by atoms with Crippen molar-refractivity contribution in [3.05, 3.63) is 64.7 Å². The van der Waals surface area contributed by atoms with E-state index in [0.717, 1.165) is 19.3 Å². The van der Waals surface area contributed by atoms with E-state index in [-0.39, 0.29) is 21.8 Å². The summed E-state index contributed by atoms with van der Waals surface area (Å²) < 4.78 is 1.96. The highest BCUT2D eigenvalue weighted by atomic mass is 35.5. The molecule has 0 fully saturated rings. The van der Waals surface area contributed by atoms with Crippen LogP contribution in [-0.2, 0) is 4.79 Å². The van der Waals surface area contributed by atoms with E-state index in [4.69, 9.17) is 23.2 Å². The molecule has 4 rings (SSSR count). The molecule has 0 aromatic carbocycles. The van der Waals surface area contributed by atoms with Gasteiger partial charge in [0.1, 0.15) is 5.65 Å². The number of Topliss-reactive ketones (excluding diaryl/α,β-unsaturated/α-hetero) is 1. The van der Waals surface area contributed by atoms with Gasteiger partial charge >= 0.3 is 0 Å². The summed E-state index contributed by atoms with van der Waals surface area (Å²) in [5.41, 5.74) is 1.13. The van der Waals surface area contributed by atoms with E-state index in [1.807, 2.05) is 4.57 Å². The number of anilines is 1. The molecule has 1 N–H and O–H groups in total. The Morgan fingerprint density at radius 2 is 2.00 bits per heavy atom. The first-order valence-electron chi connectivity index (χ1n) is 8.83. The molecule has 1 aliphatic rings. The molecule has 8 heteroatoms. The molecule has 1 unspecified atom stereocenters. The molecule has 0 saturated heterocycles. The molecule has 1 aliphatic carbocycles. The summed E-state index contributed by atoms with van der Waals surface area (Å²) in [5.74, 6) is -1.50. The molecular formula is C20H16Cl2N4O2. The third kappa shape index (κ3) is 3.41. The van der Waals surface area contributed by atoms with Crippen LogP contribution in [0.2, 0.25) is 10.0 Å². The van der Waals surface area contributed by atoms with Crippen molar-refractivity contribution in [2.24, 2.45) is 0 Å². The summed E-state index contributed by atoms with van der Waals surface area (Å²) in [6, 6.07) is 3.65. The van der Waals surface area contributed by atoms with Gasteiger partial charge < -0.3 is 9.88 Å². The summed E-state index contributed by atoms with van der Waals surface area (Å²) in [6.07, 6.45) is 13.4. The Hall–Kier alpha value is -2.70. The average Bonchev–Trinajstić information content (AvgIpc) is 3.10. The highest BCUT2D eigenvalue weighted by Crippen LogP contribution is 2.31. The number of ketones is 1. The van der Waals surface area contributed by atoms with E-state index in [0.29, 0.717) is 16.6 Å². The number of hydrogen-bond donors (Lipinski definition) is 1. The molecule has 0 saturated carbocycles. The zero-order chi connectivity index (χ0) is 19.7. The predicted octanol–water partition coefficient (Wildman–Crippen LogP) is 4.84. The van der Waals surface area contributed by atoms with E-state index in [1.54, 1.807) is 24.5 Å². The van der Waals surface area contributed by atoms with E-state index < -0.39 is 11.7 Å². The minimum Gasteiger partial charge on any atom is -0.325 e. The molecular weight excluding hydrogens is 399 g/mol. The second kappa shape index (κ2) is 7.73. The van der Waals surface area contributed by atoms with Crippen LogP contribution in [0.15, 0.2) is 49.1 Å². The number of hydrogen-bond acceptors (Lipinski definition) is 4. The van der Waals surface area contributed by atoms with Crippen LogP contribution < -0.4 is 5.32 Å². The lowest BCUT2D eigenvalue weighted by atomic mass is 10.0. The highest BCUT2D eigenvalue weighted by Gasteiger charge is 2.25. The highest BCUT2D eigenvalue weighted by molar-refractivity contribution is 6.50. The first kappa shape index (κ1) is 18.7. The molecule has 6 nitrogen and oxygen atoms in total. The smallest absolute Gasteiger partial charge is 0.296 e. The lowest BCUT2D eigenvalue weighted by Gasteiger charge is -2.18. The van der Waals surface area contributed by atoms with Gasteiger partial charge in [0.15, 0.2) is 0 Å². The number of nitrogens with zero attached hydrogens (tertiary/aromatic N) is 3. The zero-order valence-corrected chi connectivity index (χ0v) is 16.2. The Bertz CT molecular complexity index is 1090. The van der Waals surface area contributed by atoms with Gasteiger partial charge in [-0.2, -0.15) is 0 Å². The SMILES string of the molecule is O=C(Nc1c(Cl)cncc1Cl)C(=O)c1cn(C2C=CCCC2)c2ncccc12. The average molecular weight is 415 g/mol. The maximum absolute atomic E-state index is 12.9. The quantitative estimate of drug-likeness (QED) is 0.376. The maximum atomic E-state index is 12.9. The van der Waals surface area contributed by atoms with Gasteiger partial charge in [-0.25, -0.2) is 4.98 Å². The maximum Gasteiger partial charge on any atom is 0.296 e. The number of halogens is 2. The van der Waals surface area contributed by atoms with Crippen molar-refractivity contribution in [3.8, 4) is 0 Å². The van der Waals surface area contributed by atoms with Crippen LogP contribution >= 0.6 is 23.2 Å². The molecule has 0 spiro atoms. The molecule has 3 aromatic heterocycles. The number of carbonyl (C=O) groups excluding carboxylic acids is 2.